The number of rotatable bonds is 5. The highest BCUT2D eigenvalue weighted by Gasteiger charge is 2.32. The molecule has 10 heteroatoms. The maximum Gasteiger partial charge on any atom is 0.416 e. The number of nitrogens with two attached hydrogens (primary N) is 1. The van der Waals surface area contributed by atoms with Crippen molar-refractivity contribution in [1.29, 1.82) is 0 Å². The summed E-state index contributed by atoms with van der Waals surface area (Å²) in [6.07, 6.45) is -3.14. The molecule has 152 valence electrons. The van der Waals surface area contributed by atoms with Gasteiger partial charge in [-0.2, -0.15) is 13.2 Å². The van der Waals surface area contributed by atoms with Crippen LogP contribution in [0.4, 0.5) is 30.2 Å². The first-order valence-electron chi connectivity index (χ1n) is 8.25. The minimum absolute atomic E-state index is 0.00693. The lowest BCUT2D eigenvalue weighted by atomic mass is 9.98. The third-order valence-electron chi connectivity index (χ3n) is 4.24. The van der Waals surface area contributed by atoms with Gasteiger partial charge in [-0.3, -0.25) is 9.52 Å². The molecule has 0 aliphatic carbocycles. The average Bonchev–Trinajstić information content (AvgIpc) is 2.65. The van der Waals surface area contributed by atoms with Gasteiger partial charge in [-0.1, -0.05) is 24.8 Å². The minimum atomic E-state index is -4.73. The van der Waals surface area contributed by atoms with E-state index >= 15 is 0 Å². The second-order valence-electron chi connectivity index (χ2n) is 6.27. The summed E-state index contributed by atoms with van der Waals surface area (Å²) in [6, 6.07) is 9.61. The van der Waals surface area contributed by atoms with Crippen LogP contribution in [0.25, 0.3) is 0 Å². The van der Waals surface area contributed by atoms with E-state index in [-0.39, 0.29) is 23.4 Å². The highest BCUT2D eigenvalue weighted by atomic mass is 32.2. The highest BCUT2D eigenvalue weighted by Crippen LogP contribution is 2.40. The summed E-state index contributed by atoms with van der Waals surface area (Å²) >= 11 is 0. The molecule has 3 N–H and O–H groups in total. The summed E-state index contributed by atoms with van der Waals surface area (Å²) in [4.78, 5) is 13.1. The average molecular weight is 423 g/mol. The fourth-order valence-corrected chi connectivity index (χ4v) is 3.44. The molecule has 3 rings (SSSR count). The van der Waals surface area contributed by atoms with Crippen molar-refractivity contribution in [2.75, 3.05) is 9.62 Å². The van der Waals surface area contributed by atoms with Gasteiger partial charge in [-0.05, 0) is 29.8 Å². The highest BCUT2D eigenvalue weighted by molar-refractivity contribution is 7.95. The third kappa shape index (κ3) is 4.43. The number of nitrogens with zero attached hydrogens (tertiary/aromatic N) is 1. The van der Waals surface area contributed by atoms with Crippen molar-refractivity contribution >= 4 is 33.0 Å². The standard InChI is InChI=1S/C19H16F3N3O3S/c1-2-29(27,28)24-15-8-14(19(20,21)22)9-16(10-15)25-11-13(18(23)26)7-12-5-3-4-6-17(12)25/h2-6,8-11,24H,1,7H2,(H2,23,26). The molecule has 0 bridgehead atoms. The van der Waals surface area contributed by atoms with Crippen molar-refractivity contribution in [3.05, 3.63) is 77.4 Å². The largest absolute Gasteiger partial charge is 0.416 e. The first-order valence-corrected chi connectivity index (χ1v) is 9.80. The first kappa shape index (κ1) is 20.5. The van der Waals surface area contributed by atoms with Gasteiger partial charge in [0, 0.05) is 35.0 Å². The summed E-state index contributed by atoms with van der Waals surface area (Å²) in [5, 5.41) is 0.591. The molecule has 0 unspecified atom stereocenters. The molecular formula is C19H16F3N3O3S. The van der Waals surface area contributed by atoms with Gasteiger partial charge in [0.15, 0.2) is 0 Å². The number of sulfonamides is 1. The Morgan fingerprint density at radius 1 is 1.21 bits per heavy atom. The number of fused-ring (bicyclic) bond motifs is 1. The first-order chi connectivity index (χ1) is 13.5. The Morgan fingerprint density at radius 3 is 2.52 bits per heavy atom. The van der Waals surface area contributed by atoms with Gasteiger partial charge in [0.05, 0.1) is 11.3 Å². The predicted molar refractivity (Wildman–Crippen MR) is 104 cm³/mol. The fraction of sp³-hybridized carbons (Fsp3) is 0.105. The molecule has 0 fully saturated rings. The van der Waals surface area contributed by atoms with Crippen LogP contribution in [0.5, 0.6) is 0 Å². The van der Waals surface area contributed by atoms with Gasteiger partial charge in [0.2, 0.25) is 5.91 Å². The normalized spacial score (nSPS) is 14.0. The number of primary amides is 1. The molecule has 0 atom stereocenters. The summed E-state index contributed by atoms with van der Waals surface area (Å²) in [7, 11) is -4.03. The van der Waals surface area contributed by atoms with E-state index in [4.69, 9.17) is 5.73 Å². The molecule has 0 aromatic heterocycles. The molecule has 0 spiro atoms. The zero-order valence-corrected chi connectivity index (χ0v) is 15.7. The molecular weight excluding hydrogens is 407 g/mol. The number of amides is 1. The van der Waals surface area contributed by atoms with E-state index in [1.54, 1.807) is 24.3 Å². The molecule has 1 heterocycles. The van der Waals surface area contributed by atoms with Crippen molar-refractivity contribution in [3.8, 4) is 0 Å². The Bertz CT molecular complexity index is 1130. The van der Waals surface area contributed by atoms with Crippen LogP contribution in [0, 0.1) is 0 Å². The molecule has 29 heavy (non-hydrogen) atoms. The summed E-state index contributed by atoms with van der Waals surface area (Å²) < 4.78 is 65.8. The van der Waals surface area contributed by atoms with Gasteiger partial charge in [-0.25, -0.2) is 8.42 Å². The molecule has 0 saturated heterocycles. The number of carbonyl (C=O) groups is 1. The minimum Gasteiger partial charge on any atom is -0.366 e. The number of para-hydroxylation sites is 1. The van der Waals surface area contributed by atoms with E-state index in [2.05, 4.69) is 6.58 Å². The molecule has 2 aromatic rings. The van der Waals surface area contributed by atoms with E-state index < -0.39 is 27.7 Å². The molecule has 6 nitrogen and oxygen atoms in total. The molecule has 0 saturated carbocycles. The Hall–Kier alpha value is -3.27. The zero-order chi connectivity index (χ0) is 21.4. The van der Waals surface area contributed by atoms with Crippen LogP contribution in [0.2, 0.25) is 0 Å². The number of nitrogens with one attached hydrogen (secondary N) is 1. The van der Waals surface area contributed by atoms with E-state index in [9.17, 15) is 26.4 Å². The van der Waals surface area contributed by atoms with Crippen molar-refractivity contribution < 1.29 is 26.4 Å². The Morgan fingerprint density at radius 2 is 1.90 bits per heavy atom. The van der Waals surface area contributed by atoms with Crippen LogP contribution in [0.3, 0.4) is 0 Å². The Balaban J connectivity index is 2.21. The van der Waals surface area contributed by atoms with Gasteiger partial charge in [-0.15, -0.1) is 0 Å². The van der Waals surface area contributed by atoms with Gasteiger partial charge >= 0.3 is 6.18 Å². The quantitative estimate of drug-likeness (QED) is 0.768. The van der Waals surface area contributed by atoms with Crippen LogP contribution in [-0.4, -0.2) is 14.3 Å². The maximum atomic E-state index is 13.4. The van der Waals surface area contributed by atoms with Crippen LogP contribution in [0.15, 0.2) is 66.2 Å². The molecule has 1 aliphatic rings. The number of halogens is 3. The van der Waals surface area contributed by atoms with Crippen molar-refractivity contribution in [2.24, 2.45) is 5.73 Å². The van der Waals surface area contributed by atoms with Crippen LogP contribution >= 0.6 is 0 Å². The second kappa shape index (κ2) is 7.28. The van der Waals surface area contributed by atoms with Gasteiger partial charge < -0.3 is 10.6 Å². The smallest absolute Gasteiger partial charge is 0.366 e. The van der Waals surface area contributed by atoms with E-state index in [0.29, 0.717) is 22.7 Å². The summed E-state index contributed by atoms with van der Waals surface area (Å²) in [6.45, 7) is 3.13. The summed E-state index contributed by atoms with van der Waals surface area (Å²) in [5.74, 6) is -0.705. The third-order valence-corrected chi connectivity index (χ3v) is 5.20. The van der Waals surface area contributed by atoms with Crippen molar-refractivity contribution in [3.63, 3.8) is 0 Å². The predicted octanol–water partition coefficient (Wildman–Crippen LogP) is 3.65. The van der Waals surface area contributed by atoms with E-state index in [0.717, 1.165) is 6.07 Å². The topological polar surface area (TPSA) is 92.5 Å². The fourth-order valence-electron chi connectivity index (χ4n) is 2.91. The van der Waals surface area contributed by atoms with Crippen LogP contribution in [-0.2, 0) is 27.4 Å². The van der Waals surface area contributed by atoms with E-state index in [1.165, 1.54) is 17.2 Å². The van der Waals surface area contributed by atoms with Crippen molar-refractivity contribution in [2.45, 2.75) is 12.6 Å². The van der Waals surface area contributed by atoms with Crippen molar-refractivity contribution in [1.82, 2.24) is 0 Å². The number of anilines is 3. The molecule has 1 aliphatic heterocycles. The monoisotopic (exact) mass is 423 g/mol. The van der Waals surface area contributed by atoms with Gasteiger partial charge in [0.1, 0.15) is 0 Å². The SMILES string of the molecule is C=CS(=O)(=O)Nc1cc(N2C=C(C(N)=O)Cc3ccccc32)cc(C(F)(F)F)c1. The number of hydrogen-bond acceptors (Lipinski definition) is 4. The molecule has 1 amide bonds. The van der Waals surface area contributed by atoms with Crippen LogP contribution < -0.4 is 15.4 Å². The van der Waals surface area contributed by atoms with E-state index in [1.807, 2.05) is 4.72 Å². The second-order valence-corrected chi connectivity index (χ2v) is 7.90. The lowest BCUT2D eigenvalue weighted by Crippen LogP contribution is -2.24. The number of benzene rings is 2. The van der Waals surface area contributed by atoms with Crippen LogP contribution in [0.1, 0.15) is 11.1 Å². The lowest BCUT2D eigenvalue weighted by molar-refractivity contribution is -0.137. The van der Waals surface area contributed by atoms with Gasteiger partial charge in [0.25, 0.3) is 10.0 Å². The summed E-state index contributed by atoms with van der Waals surface area (Å²) in [5.41, 5.74) is 5.47. The number of hydrogen-bond donors (Lipinski definition) is 2. The number of alkyl halides is 3. The Kier molecular flexibility index (Phi) is 5.14. The zero-order valence-electron chi connectivity index (χ0n) is 14.9. The molecule has 0 radical (unpaired) electrons. The number of carbonyl (C=O) groups excluding carboxylic acids is 1. The maximum absolute atomic E-state index is 13.4. The molecule has 2 aromatic carbocycles. The Labute approximate surface area is 165 Å². The lowest BCUT2D eigenvalue weighted by Gasteiger charge is -2.29.